The first kappa shape index (κ1) is 13.1. The maximum Gasteiger partial charge on any atom is 0.231 e. The van der Waals surface area contributed by atoms with E-state index in [1.165, 1.54) is 0 Å². The lowest BCUT2D eigenvalue weighted by molar-refractivity contribution is -0.117. The minimum Gasteiger partial charge on any atom is -0.312 e. The molecular weight excluding hydrogens is 224 g/mol. The van der Waals surface area contributed by atoms with Gasteiger partial charge in [0.15, 0.2) is 0 Å². The van der Waals surface area contributed by atoms with Gasteiger partial charge in [0, 0.05) is 18.3 Å². The third-order valence-corrected chi connectivity index (χ3v) is 3.46. The van der Waals surface area contributed by atoms with Crippen molar-refractivity contribution >= 4 is 11.6 Å². The monoisotopic (exact) mass is 246 g/mol. The lowest BCUT2D eigenvalue weighted by Crippen LogP contribution is -2.42. The molecule has 2 rings (SSSR count). The minimum absolute atomic E-state index is 0.232. The van der Waals surface area contributed by atoms with Gasteiger partial charge in [0.05, 0.1) is 6.42 Å². The lowest BCUT2D eigenvalue weighted by atomic mass is 10.1. The second-order valence-corrected chi connectivity index (χ2v) is 4.85. The van der Waals surface area contributed by atoms with Crippen molar-refractivity contribution in [3.63, 3.8) is 0 Å². The number of amides is 1. The van der Waals surface area contributed by atoms with Crippen LogP contribution in [0.4, 0.5) is 5.69 Å². The molecule has 0 aliphatic carbocycles. The number of rotatable bonds is 6. The largest absolute Gasteiger partial charge is 0.312 e. The number of carbonyl (C=O) groups is 1. The van der Waals surface area contributed by atoms with Gasteiger partial charge in [0.25, 0.3) is 0 Å². The van der Waals surface area contributed by atoms with E-state index in [9.17, 15) is 4.79 Å². The molecule has 0 saturated carbocycles. The summed E-state index contributed by atoms with van der Waals surface area (Å²) in [5.41, 5.74) is 2.26. The van der Waals surface area contributed by atoms with E-state index in [4.69, 9.17) is 0 Å². The van der Waals surface area contributed by atoms with Gasteiger partial charge in [0.1, 0.15) is 0 Å². The Labute approximate surface area is 109 Å². The van der Waals surface area contributed by atoms with E-state index in [2.05, 4.69) is 31.3 Å². The molecule has 1 heterocycles. The number of nitrogens with one attached hydrogen (secondary N) is 1. The Morgan fingerprint density at radius 1 is 1.33 bits per heavy atom. The van der Waals surface area contributed by atoms with Gasteiger partial charge in [-0.1, -0.05) is 38.5 Å². The van der Waals surface area contributed by atoms with E-state index in [0.717, 1.165) is 37.2 Å². The van der Waals surface area contributed by atoms with E-state index in [1.54, 1.807) is 0 Å². The predicted octanol–water partition coefficient (Wildman–Crippen LogP) is 2.35. The van der Waals surface area contributed by atoms with Crippen LogP contribution in [0.15, 0.2) is 24.3 Å². The fraction of sp³-hybridized carbons (Fsp3) is 0.533. The maximum atomic E-state index is 12.1. The number of fused-ring (bicyclic) bond motifs is 1. The zero-order valence-corrected chi connectivity index (χ0v) is 11.3. The highest BCUT2D eigenvalue weighted by molar-refractivity contribution is 6.01. The van der Waals surface area contributed by atoms with Gasteiger partial charge < -0.3 is 10.2 Å². The number of hydrogen-bond acceptors (Lipinski definition) is 2. The van der Waals surface area contributed by atoms with Crippen molar-refractivity contribution in [1.29, 1.82) is 0 Å². The highest BCUT2D eigenvalue weighted by atomic mass is 16.2. The van der Waals surface area contributed by atoms with Crippen LogP contribution in [0.25, 0.3) is 0 Å². The molecule has 1 N–H and O–H groups in total. The van der Waals surface area contributed by atoms with Crippen LogP contribution in [0, 0.1) is 0 Å². The topological polar surface area (TPSA) is 32.3 Å². The fourth-order valence-electron chi connectivity index (χ4n) is 2.63. The van der Waals surface area contributed by atoms with Crippen LogP contribution in [0.3, 0.4) is 0 Å². The summed E-state index contributed by atoms with van der Waals surface area (Å²) >= 11 is 0. The van der Waals surface area contributed by atoms with Crippen LogP contribution in [0.5, 0.6) is 0 Å². The Balaban J connectivity index is 2.10. The first-order valence-electron chi connectivity index (χ1n) is 6.87. The van der Waals surface area contributed by atoms with Gasteiger partial charge in [-0.3, -0.25) is 4.79 Å². The smallest absolute Gasteiger partial charge is 0.231 e. The van der Waals surface area contributed by atoms with Crippen LogP contribution in [-0.2, 0) is 11.2 Å². The molecule has 1 amide bonds. The van der Waals surface area contributed by atoms with Crippen LogP contribution >= 0.6 is 0 Å². The van der Waals surface area contributed by atoms with Crippen LogP contribution in [0.1, 0.15) is 32.3 Å². The molecule has 1 aromatic carbocycles. The van der Waals surface area contributed by atoms with Gasteiger partial charge in [-0.2, -0.15) is 0 Å². The molecule has 0 fully saturated rings. The summed E-state index contributed by atoms with van der Waals surface area (Å²) in [4.78, 5) is 14.0. The van der Waals surface area contributed by atoms with Crippen LogP contribution in [-0.4, -0.2) is 25.0 Å². The third kappa shape index (κ3) is 2.72. The van der Waals surface area contributed by atoms with E-state index in [1.807, 2.05) is 17.0 Å². The molecule has 1 unspecified atom stereocenters. The molecule has 0 aromatic heterocycles. The van der Waals surface area contributed by atoms with Crippen molar-refractivity contribution in [3.05, 3.63) is 29.8 Å². The van der Waals surface area contributed by atoms with E-state index in [0.29, 0.717) is 12.5 Å². The summed E-state index contributed by atoms with van der Waals surface area (Å²) in [6, 6.07) is 8.51. The highest BCUT2D eigenvalue weighted by Gasteiger charge is 2.28. The zero-order valence-electron chi connectivity index (χ0n) is 11.3. The molecule has 0 saturated heterocycles. The number of benzene rings is 1. The van der Waals surface area contributed by atoms with Crippen molar-refractivity contribution in [1.82, 2.24) is 5.32 Å². The molecule has 1 atom stereocenters. The fourth-order valence-corrected chi connectivity index (χ4v) is 2.63. The molecule has 0 radical (unpaired) electrons. The average molecular weight is 246 g/mol. The number of likely N-dealkylation sites (N-methyl/N-ethyl adjacent to an activating group) is 1. The summed E-state index contributed by atoms with van der Waals surface area (Å²) in [5.74, 6) is 0.232. The Morgan fingerprint density at radius 2 is 2.11 bits per heavy atom. The normalized spacial score (nSPS) is 15.9. The van der Waals surface area contributed by atoms with Crippen LogP contribution < -0.4 is 10.2 Å². The third-order valence-electron chi connectivity index (χ3n) is 3.46. The predicted molar refractivity (Wildman–Crippen MR) is 74.9 cm³/mol. The summed E-state index contributed by atoms with van der Waals surface area (Å²) < 4.78 is 0. The maximum absolute atomic E-state index is 12.1. The van der Waals surface area contributed by atoms with Crippen LogP contribution in [0.2, 0.25) is 0 Å². The van der Waals surface area contributed by atoms with Crippen molar-refractivity contribution in [3.8, 4) is 0 Å². The van der Waals surface area contributed by atoms with E-state index in [-0.39, 0.29) is 5.91 Å². The highest BCUT2D eigenvalue weighted by Crippen LogP contribution is 2.28. The van der Waals surface area contributed by atoms with Gasteiger partial charge in [-0.25, -0.2) is 0 Å². The summed E-state index contributed by atoms with van der Waals surface area (Å²) in [6.07, 6.45) is 2.81. The molecule has 1 aliphatic heterocycles. The molecule has 0 bridgehead atoms. The number of para-hydroxylation sites is 1. The molecule has 98 valence electrons. The van der Waals surface area contributed by atoms with Crippen molar-refractivity contribution in [2.75, 3.05) is 18.0 Å². The SMILES string of the molecule is CCCC(CN1C(=O)Cc2ccccc21)NCC. The molecule has 1 aliphatic rings. The van der Waals surface area contributed by atoms with E-state index >= 15 is 0 Å². The second kappa shape index (κ2) is 6.01. The average Bonchev–Trinajstić information content (AvgIpc) is 2.67. The first-order valence-corrected chi connectivity index (χ1v) is 6.87. The van der Waals surface area contributed by atoms with Crippen molar-refractivity contribution in [2.45, 2.75) is 39.2 Å². The quantitative estimate of drug-likeness (QED) is 0.835. The van der Waals surface area contributed by atoms with Gasteiger partial charge in [-0.15, -0.1) is 0 Å². The molecule has 1 aromatic rings. The number of hydrogen-bond donors (Lipinski definition) is 1. The molecule has 18 heavy (non-hydrogen) atoms. The minimum atomic E-state index is 0.232. The zero-order chi connectivity index (χ0) is 13.0. The number of nitrogens with zero attached hydrogens (tertiary/aromatic N) is 1. The van der Waals surface area contributed by atoms with Gasteiger partial charge in [-0.05, 0) is 24.6 Å². The number of carbonyl (C=O) groups excluding carboxylic acids is 1. The standard InChI is InChI=1S/C15H22N2O/c1-3-7-13(16-4-2)11-17-14-9-6-5-8-12(14)10-15(17)18/h5-6,8-9,13,16H,3-4,7,10-11H2,1-2H3. The first-order chi connectivity index (χ1) is 8.76. The lowest BCUT2D eigenvalue weighted by Gasteiger charge is -2.25. The summed E-state index contributed by atoms with van der Waals surface area (Å²) in [7, 11) is 0. The molecule has 3 heteroatoms. The van der Waals surface area contributed by atoms with Gasteiger partial charge in [0.2, 0.25) is 5.91 Å². The Hall–Kier alpha value is -1.35. The van der Waals surface area contributed by atoms with E-state index < -0.39 is 0 Å². The Morgan fingerprint density at radius 3 is 2.83 bits per heavy atom. The number of anilines is 1. The Bertz CT molecular complexity index is 411. The van der Waals surface area contributed by atoms with Crippen molar-refractivity contribution in [2.24, 2.45) is 0 Å². The summed E-state index contributed by atoms with van der Waals surface area (Å²) in [5, 5.41) is 3.47. The molecular formula is C15H22N2O. The Kier molecular flexibility index (Phi) is 4.37. The molecule has 0 spiro atoms. The molecule has 3 nitrogen and oxygen atoms in total. The second-order valence-electron chi connectivity index (χ2n) is 4.85. The van der Waals surface area contributed by atoms with Gasteiger partial charge >= 0.3 is 0 Å². The van der Waals surface area contributed by atoms with Crippen molar-refractivity contribution < 1.29 is 4.79 Å². The summed E-state index contributed by atoms with van der Waals surface area (Å²) in [6.45, 7) is 6.04.